The molecule has 4 atom stereocenters. The summed E-state index contributed by atoms with van der Waals surface area (Å²) in [6.07, 6.45) is 22.4. The van der Waals surface area contributed by atoms with E-state index >= 15 is 0 Å². The van der Waals surface area contributed by atoms with Gasteiger partial charge in [-0.1, -0.05) is 71.3 Å². The quantitative estimate of drug-likeness (QED) is 0.281. The Hall–Kier alpha value is -1.12. The van der Waals surface area contributed by atoms with Crippen LogP contribution in [0, 0.1) is 41.2 Å². The van der Waals surface area contributed by atoms with Crippen LogP contribution in [0.2, 0.25) is 0 Å². The van der Waals surface area contributed by atoms with E-state index in [0.717, 1.165) is 42.9 Å². The van der Waals surface area contributed by atoms with Crippen LogP contribution < -0.4 is 4.74 Å². The molecular weight excluding hydrogens is 438 g/mol. The molecule has 0 bridgehead atoms. The Morgan fingerprint density at radius 3 is 2.09 bits per heavy atom. The van der Waals surface area contributed by atoms with Gasteiger partial charge in [-0.25, -0.2) is 4.39 Å². The van der Waals surface area contributed by atoms with Crippen molar-refractivity contribution in [2.24, 2.45) is 29.6 Å². The van der Waals surface area contributed by atoms with Gasteiger partial charge in [-0.05, 0) is 105 Å². The zero-order valence-electron chi connectivity index (χ0n) is 22.5. The fraction of sp³-hybridized carbons (Fsp3) is 0.812. The van der Waals surface area contributed by atoms with Crippen molar-refractivity contribution in [3.63, 3.8) is 0 Å². The predicted molar refractivity (Wildman–Crippen MR) is 142 cm³/mol. The molecule has 0 N–H and O–H groups in total. The molecule has 0 spiro atoms. The van der Waals surface area contributed by atoms with Gasteiger partial charge in [0.15, 0.2) is 11.6 Å². The lowest BCUT2D eigenvalue weighted by atomic mass is 9.60. The van der Waals surface area contributed by atoms with Gasteiger partial charge >= 0.3 is 0 Å². The number of fused-ring (bicyclic) bond motifs is 1. The van der Waals surface area contributed by atoms with E-state index in [9.17, 15) is 8.78 Å². The highest BCUT2D eigenvalue weighted by Gasteiger charge is 2.39. The summed E-state index contributed by atoms with van der Waals surface area (Å²) in [5.74, 6) is 3.13. The molecule has 3 fully saturated rings. The summed E-state index contributed by atoms with van der Waals surface area (Å²) in [6, 6.07) is 3.44. The van der Waals surface area contributed by atoms with Gasteiger partial charge in [0, 0.05) is 0 Å². The van der Waals surface area contributed by atoms with Crippen molar-refractivity contribution in [2.45, 2.75) is 129 Å². The van der Waals surface area contributed by atoms with E-state index in [-0.39, 0.29) is 11.7 Å². The minimum absolute atomic E-state index is 0.0634. The molecule has 0 amide bonds. The van der Waals surface area contributed by atoms with Crippen molar-refractivity contribution in [1.82, 2.24) is 0 Å². The molecule has 3 saturated carbocycles. The number of halogens is 2. The first kappa shape index (κ1) is 26.9. The van der Waals surface area contributed by atoms with Gasteiger partial charge in [0.05, 0.1) is 6.61 Å². The fourth-order valence-corrected chi connectivity index (χ4v) is 7.81. The van der Waals surface area contributed by atoms with Crippen molar-refractivity contribution in [3.8, 4) is 5.75 Å². The van der Waals surface area contributed by atoms with Crippen molar-refractivity contribution in [1.29, 1.82) is 0 Å². The molecule has 3 aliphatic carbocycles. The molecule has 3 aliphatic rings. The minimum Gasteiger partial charge on any atom is -0.490 e. The van der Waals surface area contributed by atoms with Crippen LogP contribution in [0.25, 0.3) is 0 Å². The summed E-state index contributed by atoms with van der Waals surface area (Å²) in [4.78, 5) is 0. The minimum atomic E-state index is -0.793. The Bertz CT molecular complexity index is 769. The first-order chi connectivity index (χ1) is 17.1. The third kappa shape index (κ3) is 7.01. The summed E-state index contributed by atoms with van der Waals surface area (Å²) >= 11 is 0. The standard InChI is InChI=1S/C32H50F2O/c1-3-5-6-7-8-9-23-10-12-24(13-11-23)25-14-15-27-22-28(17-16-26(27)21-25)29-18-19-30(35-20-4-2)32(34)31(29)33/h18-19,23-28H,3-17,20-22H2,1-2H3. The first-order valence-corrected chi connectivity index (χ1v) is 15.2. The van der Waals surface area contributed by atoms with Crippen LogP contribution in [-0.2, 0) is 0 Å². The maximum atomic E-state index is 14.9. The molecule has 1 nitrogen and oxygen atoms in total. The maximum Gasteiger partial charge on any atom is 0.200 e. The van der Waals surface area contributed by atoms with Crippen LogP contribution in [0.5, 0.6) is 5.75 Å². The topological polar surface area (TPSA) is 9.23 Å². The van der Waals surface area contributed by atoms with E-state index in [2.05, 4.69) is 6.92 Å². The predicted octanol–water partition coefficient (Wildman–Crippen LogP) is 10.2. The number of rotatable bonds is 11. The monoisotopic (exact) mass is 488 g/mol. The Balaban J connectivity index is 1.23. The lowest BCUT2D eigenvalue weighted by molar-refractivity contribution is 0.0705. The van der Waals surface area contributed by atoms with Gasteiger partial charge in [0.1, 0.15) is 0 Å². The number of hydrogen-bond acceptors (Lipinski definition) is 1. The summed E-state index contributed by atoms with van der Waals surface area (Å²) < 4.78 is 34.9. The van der Waals surface area contributed by atoms with Crippen LogP contribution >= 0.6 is 0 Å². The average Bonchev–Trinajstić information content (AvgIpc) is 2.89. The van der Waals surface area contributed by atoms with Crippen LogP contribution in [0.3, 0.4) is 0 Å². The maximum absolute atomic E-state index is 14.9. The van der Waals surface area contributed by atoms with Gasteiger partial charge in [-0.15, -0.1) is 0 Å². The van der Waals surface area contributed by atoms with Crippen molar-refractivity contribution in [2.75, 3.05) is 6.61 Å². The van der Waals surface area contributed by atoms with Crippen molar-refractivity contribution < 1.29 is 13.5 Å². The summed E-state index contributed by atoms with van der Waals surface area (Å²) in [7, 11) is 0. The van der Waals surface area contributed by atoms with Gasteiger partial charge < -0.3 is 4.74 Å². The molecule has 3 heteroatoms. The fourth-order valence-electron chi connectivity index (χ4n) is 7.81. The highest BCUT2D eigenvalue weighted by atomic mass is 19.2. The molecule has 35 heavy (non-hydrogen) atoms. The molecular formula is C32H50F2O. The number of hydrogen-bond donors (Lipinski definition) is 0. The summed E-state index contributed by atoms with van der Waals surface area (Å²) in [5.41, 5.74) is 0.583. The normalized spacial score (nSPS) is 31.2. The van der Waals surface area contributed by atoms with E-state index in [1.54, 1.807) is 12.1 Å². The molecule has 4 rings (SSSR count). The second kappa shape index (κ2) is 13.4. The highest BCUT2D eigenvalue weighted by Crippen LogP contribution is 2.51. The third-order valence-electron chi connectivity index (χ3n) is 9.91. The molecule has 1 aromatic rings. The molecule has 198 valence electrons. The van der Waals surface area contributed by atoms with Crippen LogP contribution in [0.15, 0.2) is 12.1 Å². The smallest absolute Gasteiger partial charge is 0.200 e. The third-order valence-corrected chi connectivity index (χ3v) is 9.91. The number of ether oxygens (including phenoxy) is 1. The van der Waals surface area contributed by atoms with E-state index in [1.165, 1.54) is 89.9 Å². The lowest BCUT2D eigenvalue weighted by Crippen LogP contribution is -2.34. The van der Waals surface area contributed by atoms with E-state index in [1.807, 2.05) is 6.92 Å². The summed E-state index contributed by atoms with van der Waals surface area (Å²) in [6.45, 7) is 4.69. The zero-order valence-corrected chi connectivity index (χ0v) is 22.5. The van der Waals surface area contributed by atoms with Crippen LogP contribution in [-0.4, -0.2) is 6.61 Å². The Labute approximate surface area is 213 Å². The molecule has 0 saturated heterocycles. The van der Waals surface area contributed by atoms with Crippen LogP contribution in [0.1, 0.15) is 134 Å². The van der Waals surface area contributed by atoms with E-state index in [4.69, 9.17) is 4.74 Å². The molecule has 4 unspecified atom stereocenters. The highest BCUT2D eigenvalue weighted by molar-refractivity contribution is 5.33. The van der Waals surface area contributed by atoms with E-state index < -0.39 is 11.6 Å². The number of benzene rings is 1. The second-order valence-electron chi connectivity index (χ2n) is 12.2. The van der Waals surface area contributed by atoms with Crippen LogP contribution in [0.4, 0.5) is 8.78 Å². The lowest BCUT2D eigenvalue weighted by Gasteiger charge is -2.45. The van der Waals surface area contributed by atoms with Gasteiger partial charge in [-0.2, -0.15) is 4.39 Å². The molecule has 1 aromatic carbocycles. The SMILES string of the molecule is CCCCCCCC1CCC(C2CCC3CC(c4ccc(OCCC)c(F)c4F)CCC3C2)CC1. The first-order valence-electron chi connectivity index (χ1n) is 15.2. The molecule has 0 radical (unpaired) electrons. The molecule has 0 heterocycles. The largest absolute Gasteiger partial charge is 0.490 e. The van der Waals surface area contributed by atoms with Gasteiger partial charge in [0.25, 0.3) is 0 Å². The Morgan fingerprint density at radius 1 is 0.686 bits per heavy atom. The second-order valence-corrected chi connectivity index (χ2v) is 12.2. The van der Waals surface area contributed by atoms with Crippen molar-refractivity contribution in [3.05, 3.63) is 29.3 Å². The zero-order chi connectivity index (χ0) is 24.6. The van der Waals surface area contributed by atoms with Gasteiger partial charge in [-0.3, -0.25) is 0 Å². The summed E-state index contributed by atoms with van der Waals surface area (Å²) in [5, 5.41) is 0. The van der Waals surface area contributed by atoms with Crippen molar-refractivity contribution >= 4 is 0 Å². The number of unbranched alkanes of at least 4 members (excludes halogenated alkanes) is 4. The van der Waals surface area contributed by atoms with Gasteiger partial charge in [0.2, 0.25) is 5.82 Å². The molecule has 0 aliphatic heterocycles. The average molecular weight is 489 g/mol. The Morgan fingerprint density at radius 2 is 1.34 bits per heavy atom. The molecule has 0 aromatic heterocycles. The van der Waals surface area contributed by atoms with E-state index in [0.29, 0.717) is 18.1 Å². The Kier molecular flexibility index (Phi) is 10.3.